The van der Waals surface area contributed by atoms with Crippen LogP contribution in [-0.2, 0) is 29.2 Å². The normalized spacial score (nSPS) is 28.8. The van der Waals surface area contributed by atoms with Crippen LogP contribution >= 0.6 is 0 Å². The van der Waals surface area contributed by atoms with Gasteiger partial charge in [-0.25, -0.2) is 9.59 Å². The van der Waals surface area contributed by atoms with Crippen LogP contribution in [0.2, 0.25) is 0 Å². The monoisotopic (exact) mass is 408 g/mol. The van der Waals surface area contributed by atoms with Crippen LogP contribution in [0.15, 0.2) is 46.1 Å². The summed E-state index contributed by atoms with van der Waals surface area (Å²) in [6.45, 7) is 1.34. The van der Waals surface area contributed by atoms with Gasteiger partial charge < -0.3 is 9.47 Å². The third-order valence-electron chi connectivity index (χ3n) is 4.47. The van der Waals surface area contributed by atoms with Crippen molar-refractivity contribution in [3.8, 4) is 0 Å². The van der Waals surface area contributed by atoms with Gasteiger partial charge in [0.05, 0.1) is 5.56 Å². The van der Waals surface area contributed by atoms with Gasteiger partial charge in [0.2, 0.25) is 0 Å². The second-order valence-electron chi connectivity index (χ2n) is 6.33. The van der Waals surface area contributed by atoms with Crippen molar-refractivity contribution in [1.82, 2.24) is 9.55 Å². The number of aryl methyl sites for hydroxylation is 1. The lowest BCUT2D eigenvalue weighted by Gasteiger charge is -2.18. The van der Waals surface area contributed by atoms with E-state index in [2.05, 4.69) is 4.98 Å². The van der Waals surface area contributed by atoms with Gasteiger partial charge in [-0.1, -0.05) is 18.2 Å². The zero-order chi connectivity index (χ0) is 19.8. The first-order valence-corrected chi connectivity index (χ1v) is 9.40. The molecule has 0 amide bonds. The van der Waals surface area contributed by atoms with Crippen molar-refractivity contribution in [1.29, 1.82) is 0 Å². The second kappa shape index (κ2) is 7.43. The molecule has 2 fully saturated rings. The van der Waals surface area contributed by atoms with E-state index in [-0.39, 0.29) is 6.61 Å². The van der Waals surface area contributed by atoms with E-state index in [1.54, 1.807) is 30.3 Å². The van der Waals surface area contributed by atoms with E-state index in [0.717, 1.165) is 4.57 Å². The molecule has 5 atom stereocenters. The molecular formula is C17H16N2O8S. The third kappa shape index (κ3) is 3.44. The summed E-state index contributed by atoms with van der Waals surface area (Å²) in [5.74, 6) is -0.554. The Morgan fingerprint density at radius 1 is 1.21 bits per heavy atom. The quantitative estimate of drug-likeness (QED) is 0.699. The first-order chi connectivity index (χ1) is 13.4. The van der Waals surface area contributed by atoms with Crippen LogP contribution in [0.4, 0.5) is 0 Å². The number of nitrogens with zero attached hydrogens (tertiary/aromatic N) is 1. The highest BCUT2D eigenvalue weighted by molar-refractivity contribution is 7.75. The van der Waals surface area contributed by atoms with Gasteiger partial charge in [0.25, 0.3) is 5.56 Å². The van der Waals surface area contributed by atoms with Crippen LogP contribution < -0.4 is 11.2 Å². The van der Waals surface area contributed by atoms with Crippen molar-refractivity contribution >= 4 is 17.3 Å². The number of ether oxygens (including phenoxy) is 2. The molecule has 4 rings (SSSR count). The maximum atomic E-state index is 12.2. The van der Waals surface area contributed by atoms with E-state index >= 15 is 0 Å². The number of aromatic nitrogens is 2. The lowest BCUT2D eigenvalue weighted by Crippen LogP contribution is -2.37. The Labute approximate surface area is 160 Å². The average molecular weight is 408 g/mol. The molecule has 10 nitrogen and oxygen atoms in total. The molecule has 0 aliphatic carbocycles. The Bertz CT molecular complexity index is 1030. The lowest BCUT2D eigenvalue weighted by molar-refractivity contribution is -0.0613. The molecule has 0 spiro atoms. The lowest BCUT2D eigenvalue weighted by atomic mass is 10.1. The molecule has 2 saturated heterocycles. The van der Waals surface area contributed by atoms with E-state index < -0.39 is 53.1 Å². The number of carbonyl (C=O) groups is 1. The third-order valence-corrected chi connectivity index (χ3v) is 5.23. The average Bonchev–Trinajstić information content (AvgIpc) is 3.21. The number of hydrogen-bond acceptors (Lipinski definition) is 8. The zero-order valence-corrected chi connectivity index (χ0v) is 15.4. The second-order valence-corrected chi connectivity index (χ2v) is 7.13. The topological polar surface area (TPSA) is 126 Å². The number of esters is 1. The number of H-pyrrole nitrogens is 1. The number of rotatable bonds is 4. The van der Waals surface area contributed by atoms with Crippen LogP contribution in [0.5, 0.6) is 0 Å². The smallest absolute Gasteiger partial charge is 0.338 e. The molecule has 0 bridgehead atoms. The number of hydrogen-bond donors (Lipinski definition) is 1. The number of carbonyl (C=O) groups excluding carboxylic acids is 1. The zero-order valence-electron chi connectivity index (χ0n) is 14.6. The minimum atomic E-state index is -2.02. The molecular weight excluding hydrogens is 392 g/mol. The molecule has 11 heteroatoms. The standard InChI is InChI=1S/C17H16N2O8S/c1-9-7-19(17(22)18-14(9)20)15-13-12(26-28(23)27-13)11(25-15)8-24-16(21)10-5-3-2-4-6-10/h2-7,11-13,15H,8H2,1H3,(H,18,20,22)/t11-,12+,13+,15-,28?/m0/s1. The number of benzene rings is 1. The van der Waals surface area contributed by atoms with E-state index in [9.17, 15) is 18.6 Å². The molecule has 2 aliphatic rings. The minimum absolute atomic E-state index is 0.191. The van der Waals surface area contributed by atoms with Gasteiger partial charge in [0.15, 0.2) is 12.3 Å². The van der Waals surface area contributed by atoms with Gasteiger partial charge in [-0.3, -0.25) is 22.7 Å². The van der Waals surface area contributed by atoms with Crippen molar-refractivity contribution in [2.24, 2.45) is 0 Å². The summed E-state index contributed by atoms with van der Waals surface area (Å²) in [4.78, 5) is 38.1. The van der Waals surface area contributed by atoms with E-state index in [1.165, 1.54) is 13.1 Å². The Morgan fingerprint density at radius 2 is 1.93 bits per heavy atom. The summed E-state index contributed by atoms with van der Waals surface area (Å²) in [7, 11) is 0. The van der Waals surface area contributed by atoms with Gasteiger partial charge in [-0.2, -0.15) is 4.21 Å². The first kappa shape index (κ1) is 18.7. The summed E-state index contributed by atoms with van der Waals surface area (Å²) in [5, 5.41) is 0. The number of fused-ring (bicyclic) bond motifs is 1. The highest BCUT2D eigenvalue weighted by atomic mass is 32.2. The Morgan fingerprint density at radius 3 is 2.68 bits per heavy atom. The minimum Gasteiger partial charge on any atom is -0.459 e. The summed E-state index contributed by atoms with van der Waals surface area (Å²) >= 11 is -2.02. The van der Waals surface area contributed by atoms with Crippen LogP contribution in [-0.4, -0.2) is 44.6 Å². The van der Waals surface area contributed by atoms with Gasteiger partial charge in [0, 0.05) is 11.8 Å². The van der Waals surface area contributed by atoms with Crippen LogP contribution in [0.25, 0.3) is 0 Å². The molecule has 1 aromatic carbocycles. The highest BCUT2D eigenvalue weighted by Crippen LogP contribution is 2.38. The fourth-order valence-corrected chi connectivity index (χ4v) is 3.93. The molecule has 1 N–H and O–H groups in total. The first-order valence-electron chi connectivity index (χ1n) is 8.40. The van der Waals surface area contributed by atoms with Gasteiger partial charge in [0.1, 0.15) is 18.8 Å². The predicted molar refractivity (Wildman–Crippen MR) is 94.6 cm³/mol. The van der Waals surface area contributed by atoms with Crippen molar-refractivity contribution < 1.29 is 26.8 Å². The Kier molecular flexibility index (Phi) is 4.98. The molecule has 0 radical (unpaired) electrons. The molecule has 148 valence electrons. The van der Waals surface area contributed by atoms with Crippen molar-refractivity contribution in [2.75, 3.05) is 6.61 Å². The number of aromatic amines is 1. The molecule has 2 aliphatic heterocycles. The van der Waals surface area contributed by atoms with Gasteiger partial charge in [-0.15, -0.1) is 0 Å². The SMILES string of the molecule is Cc1cn([C@H]2O[C@@H](COC(=O)c3ccccc3)[C@H]3OS(=O)O[C@H]32)c(=O)[nH]c1=O. The highest BCUT2D eigenvalue weighted by Gasteiger charge is 2.54. The van der Waals surface area contributed by atoms with Crippen LogP contribution in [0.1, 0.15) is 22.1 Å². The Balaban J connectivity index is 1.54. The Hall–Kier alpha value is -2.60. The fourth-order valence-electron chi connectivity index (χ4n) is 3.08. The van der Waals surface area contributed by atoms with E-state index in [0.29, 0.717) is 11.1 Å². The number of nitrogens with one attached hydrogen (secondary N) is 1. The molecule has 0 saturated carbocycles. The maximum absolute atomic E-state index is 12.2. The summed E-state index contributed by atoms with van der Waals surface area (Å²) in [6, 6.07) is 8.40. The summed E-state index contributed by atoms with van der Waals surface area (Å²) in [5.41, 5.74) is -0.564. The molecule has 1 unspecified atom stereocenters. The largest absolute Gasteiger partial charge is 0.459 e. The van der Waals surface area contributed by atoms with Gasteiger partial charge >= 0.3 is 23.0 Å². The van der Waals surface area contributed by atoms with Crippen LogP contribution in [0, 0.1) is 6.92 Å². The summed E-state index contributed by atoms with van der Waals surface area (Å²) in [6.07, 6.45) is -2.17. The van der Waals surface area contributed by atoms with E-state index in [4.69, 9.17) is 17.8 Å². The molecule has 1 aromatic heterocycles. The van der Waals surface area contributed by atoms with Crippen LogP contribution in [0.3, 0.4) is 0 Å². The van der Waals surface area contributed by atoms with Crippen molar-refractivity contribution in [3.05, 3.63) is 68.5 Å². The predicted octanol–water partition coefficient (Wildman–Crippen LogP) is -0.0379. The van der Waals surface area contributed by atoms with Crippen molar-refractivity contribution in [3.63, 3.8) is 0 Å². The van der Waals surface area contributed by atoms with Gasteiger partial charge in [-0.05, 0) is 19.1 Å². The maximum Gasteiger partial charge on any atom is 0.338 e. The fraction of sp³-hybridized carbons (Fsp3) is 0.353. The molecule has 28 heavy (non-hydrogen) atoms. The summed E-state index contributed by atoms with van der Waals surface area (Å²) < 4.78 is 34.4. The van der Waals surface area contributed by atoms with E-state index in [1.807, 2.05) is 0 Å². The molecule has 2 aromatic rings. The molecule has 3 heterocycles. The van der Waals surface area contributed by atoms with Crippen molar-refractivity contribution in [2.45, 2.75) is 31.5 Å².